The summed E-state index contributed by atoms with van der Waals surface area (Å²) >= 11 is 7.85. The number of benzene rings is 2. The quantitative estimate of drug-likeness (QED) is 0.466. The molecule has 0 saturated heterocycles. The number of methoxy groups -OCH3 is 1. The summed E-state index contributed by atoms with van der Waals surface area (Å²) in [5.41, 5.74) is 4.11. The fourth-order valence-electron chi connectivity index (χ4n) is 2.82. The standard InChI is InChI=1S/C20H16ClN3OS/c1-12-16(21)4-3-5-17(12)24-19-18-15(10-26-20(18)23-11-22-19)13-6-8-14(25-2)9-7-13/h3-11H,1-2H3,(H,22,23,24). The predicted octanol–water partition coefficient (Wildman–Crippen LogP) is 6.07. The van der Waals surface area contributed by atoms with E-state index in [0.717, 1.165) is 49.2 Å². The van der Waals surface area contributed by atoms with E-state index in [1.165, 1.54) is 0 Å². The molecule has 0 fully saturated rings. The first kappa shape index (κ1) is 16.8. The molecular weight excluding hydrogens is 366 g/mol. The van der Waals surface area contributed by atoms with Gasteiger partial charge >= 0.3 is 0 Å². The van der Waals surface area contributed by atoms with Crippen LogP contribution in [-0.2, 0) is 0 Å². The normalized spacial score (nSPS) is 10.9. The molecule has 2 heterocycles. The third-order valence-corrected chi connectivity index (χ3v) is 5.59. The molecule has 0 spiro atoms. The zero-order chi connectivity index (χ0) is 18.1. The Kier molecular flexibility index (Phi) is 4.49. The Labute approximate surface area is 160 Å². The topological polar surface area (TPSA) is 47.0 Å². The van der Waals surface area contributed by atoms with E-state index >= 15 is 0 Å². The van der Waals surface area contributed by atoms with E-state index in [0.29, 0.717) is 0 Å². The summed E-state index contributed by atoms with van der Waals surface area (Å²) in [5, 5.41) is 7.25. The minimum atomic E-state index is 0.723. The van der Waals surface area contributed by atoms with Crippen LogP contribution in [0, 0.1) is 6.92 Å². The number of fused-ring (bicyclic) bond motifs is 1. The molecule has 6 heteroatoms. The highest BCUT2D eigenvalue weighted by Gasteiger charge is 2.14. The predicted molar refractivity (Wildman–Crippen MR) is 109 cm³/mol. The van der Waals surface area contributed by atoms with Crippen molar-refractivity contribution in [2.45, 2.75) is 6.92 Å². The number of nitrogens with one attached hydrogen (secondary N) is 1. The van der Waals surface area contributed by atoms with Gasteiger partial charge in [0, 0.05) is 21.7 Å². The molecule has 0 aliphatic rings. The third-order valence-electron chi connectivity index (χ3n) is 4.29. The summed E-state index contributed by atoms with van der Waals surface area (Å²) in [4.78, 5) is 9.84. The molecule has 1 N–H and O–H groups in total. The average Bonchev–Trinajstić information content (AvgIpc) is 3.11. The highest BCUT2D eigenvalue weighted by atomic mass is 35.5. The van der Waals surface area contributed by atoms with Crippen molar-refractivity contribution in [2.24, 2.45) is 0 Å². The number of rotatable bonds is 4. The van der Waals surface area contributed by atoms with Gasteiger partial charge in [-0.3, -0.25) is 0 Å². The van der Waals surface area contributed by atoms with Crippen molar-refractivity contribution >= 4 is 44.7 Å². The molecule has 0 aliphatic heterocycles. The van der Waals surface area contributed by atoms with Gasteiger partial charge in [0.15, 0.2) is 0 Å². The van der Waals surface area contributed by atoms with Gasteiger partial charge in [-0.15, -0.1) is 11.3 Å². The molecule has 130 valence electrons. The Morgan fingerprint density at radius 1 is 1.08 bits per heavy atom. The van der Waals surface area contributed by atoms with Crippen LogP contribution < -0.4 is 10.1 Å². The second-order valence-electron chi connectivity index (χ2n) is 5.82. The van der Waals surface area contributed by atoms with Crippen molar-refractivity contribution in [1.82, 2.24) is 9.97 Å². The Balaban J connectivity index is 1.82. The van der Waals surface area contributed by atoms with Crippen LogP contribution in [-0.4, -0.2) is 17.1 Å². The number of anilines is 2. The lowest BCUT2D eigenvalue weighted by Gasteiger charge is -2.12. The second kappa shape index (κ2) is 6.94. The molecule has 0 aliphatic carbocycles. The van der Waals surface area contributed by atoms with Gasteiger partial charge in [0.25, 0.3) is 0 Å². The van der Waals surface area contributed by atoms with Crippen molar-refractivity contribution < 1.29 is 4.74 Å². The highest BCUT2D eigenvalue weighted by Crippen LogP contribution is 2.38. The van der Waals surface area contributed by atoms with Crippen molar-refractivity contribution in [3.8, 4) is 16.9 Å². The van der Waals surface area contributed by atoms with Gasteiger partial charge in [0.1, 0.15) is 22.7 Å². The number of nitrogens with zero attached hydrogens (tertiary/aromatic N) is 2. The van der Waals surface area contributed by atoms with Crippen LogP contribution in [0.15, 0.2) is 54.2 Å². The van der Waals surface area contributed by atoms with E-state index in [4.69, 9.17) is 16.3 Å². The summed E-state index contributed by atoms with van der Waals surface area (Å²) in [6.45, 7) is 1.99. The van der Waals surface area contributed by atoms with E-state index < -0.39 is 0 Å². The van der Waals surface area contributed by atoms with Crippen LogP contribution in [0.4, 0.5) is 11.5 Å². The van der Waals surface area contributed by atoms with Gasteiger partial charge in [-0.25, -0.2) is 9.97 Å². The number of aromatic nitrogens is 2. The fraction of sp³-hybridized carbons (Fsp3) is 0.100. The summed E-state index contributed by atoms with van der Waals surface area (Å²) < 4.78 is 5.25. The van der Waals surface area contributed by atoms with Gasteiger partial charge in [-0.1, -0.05) is 29.8 Å². The third kappa shape index (κ3) is 3.00. The molecule has 4 rings (SSSR count). The number of hydrogen-bond donors (Lipinski definition) is 1. The van der Waals surface area contributed by atoms with Crippen molar-refractivity contribution in [2.75, 3.05) is 12.4 Å². The molecule has 0 bridgehead atoms. The number of ether oxygens (including phenoxy) is 1. The van der Waals surface area contributed by atoms with E-state index in [1.54, 1.807) is 24.8 Å². The first-order chi connectivity index (χ1) is 12.7. The van der Waals surface area contributed by atoms with Gasteiger partial charge in [-0.05, 0) is 42.3 Å². The second-order valence-corrected chi connectivity index (χ2v) is 7.08. The lowest BCUT2D eigenvalue weighted by atomic mass is 10.1. The van der Waals surface area contributed by atoms with Gasteiger partial charge in [0.05, 0.1) is 12.5 Å². The van der Waals surface area contributed by atoms with Crippen LogP contribution in [0.2, 0.25) is 5.02 Å². The number of halogens is 1. The first-order valence-corrected chi connectivity index (χ1v) is 9.32. The maximum atomic E-state index is 6.25. The minimum Gasteiger partial charge on any atom is -0.497 e. The maximum Gasteiger partial charge on any atom is 0.143 e. The largest absolute Gasteiger partial charge is 0.497 e. The zero-order valence-electron chi connectivity index (χ0n) is 14.3. The van der Waals surface area contributed by atoms with Crippen LogP contribution in [0.1, 0.15) is 5.56 Å². The lowest BCUT2D eigenvalue weighted by Crippen LogP contribution is -1.97. The lowest BCUT2D eigenvalue weighted by molar-refractivity contribution is 0.415. The Bertz CT molecular complexity index is 1080. The molecule has 2 aromatic heterocycles. The molecule has 0 amide bonds. The first-order valence-electron chi connectivity index (χ1n) is 8.06. The van der Waals surface area contributed by atoms with Crippen molar-refractivity contribution in [3.05, 3.63) is 64.8 Å². The zero-order valence-corrected chi connectivity index (χ0v) is 15.9. The van der Waals surface area contributed by atoms with Crippen molar-refractivity contribution in [3.63, 3.8) is 0 Å². The van der Waals surface area contributed by atoms with Crippen LogP contribution in [0.5, 0.6) is 5.75 Å². The van der Waals surface area contributed by atoms with Gasteiger partial charge in [0.2, 0.25) is 0 Å². The molecule has 0 unspecified atom stereocenters. The van der Waals surface area contributed by atoms with Crippen LogP contribution in [0.3, 0.4) is 0 Å². The van der Waals surface area contributed by atoms with E-state index in [-0.39, 0.29) is 0 Å². The summed E-state index contributed by atoms with van der Waals surface area (Å²) in [6, 6.07) is 13.8. The number of thiophene rings is 1. The highest BCUT2D eigenvalue weighted by molar-refractivity contribution is 7.17. The fourth-order valence-corrected chi connectivity index (χ4v) is 3.91. The van der Waals surface area contributed by atoms with Crippen LogP contribution >= 0.6 is 22.9 Å². The molecule has 4 nitrogen and oxygen atoms in total. The smallest absolute Gasteiger partial charge is 0.143 e. The average molecular weight is 382 g/mol. The summed E-state index contributed by atoms with van der Waals surface area (Å²) in [5.74, 6) is 1.60. The Hall–Kier alpha value is -2.63. The monoisotopic (exact) mass is 381 g/mol. The Morgan fingerprint density at radius 3 is 2.65 bits per heavy atom. The van der Waals surface area contributed by atoms with E-state index in [2.05, 4.69) is 20.7 Å². The molecular formula is C20H16ClN3OS. The van der Waals surface area contributed by atoms with E-state index in [1.807, 2.05) is 49.4 Å². The number of hydrogen-bond acceptors (Lipinski definition) is 5. The molecule has 0 atom stereocenters. The SMILES string of the molecule is COc1ccc(-c2csc3ncnc(Nc4cccc(Cl)c4C)c23)cc1. The maximum absolute atomic E-state index is 6.25. The van der Waals surface area contributed by atoms with Crippen LogP contribution in [0.25, 0.3) is 21.3 Å². The molecule has 2 aromatic carbocycles. The summed E-state index contributed by atoms with van der Waals surface area (Å²) in [7, 11) is 1.66. The molecule has 0 radical (unpaired) electrons. The molecule has 0 saturated carbocycles. The Morgan fingerprint density at radius 2 is 1.88 bits per heavy atom. The van der Waals surface area contributed by atoms with Gasteiger partial charge in [-0.2, -0.15) is 0 Å². The van der Waals surface area contributed by atoms with Crippen molar-refractivity contribution in [1.29, 1.82) is 0 Å². The summed E-state index contributed by atoms with van der Waals surface area (Å²) in [6.07, 6.45) is 1.58. The minimum absolute atomic E-state index is 0.723. The molecule has 4 aromatic rings. The van der Waals surface area contributed by atoms with E-state index in [9.17, 15) is 0 Å². The van der Waals surface area contributed by atoms with Gasteiger partial charge < -0.3 is 10.1 Å². The molecule has 26 heavy (non-hydrogen) atoms.